The SMILES string of the molecule is NC1CN(C(=O)c2ccc(-c3cn[nH]c3)cc2)CC12CCC2. The van der Waals surface area contributed by atoms with Gasteiger partial charge in [-0.2, -0.15) is 5.10 Å². The number of aromatic nitrogens is 2. The fraction of sp³-hybridized carbons (Fsp3) is 0.412. The highest BCUT2D eigenvalue weighted by atomic mass is 16.2. The second-order valence-electron chi connectivity index (χ2n) is 6.57. The molecule has 1 saturated carbocycles. The van der Waals surface area contributed by atoms with Gasteiger partial charge in [0.1, 0.15) is 0 Å². The molecule has 2 aromatic rings. The molecule has 1 spiro atoms. The van der Waals surface area contributed by atoms with E-state index in [4.69, 9.17) is 5.73 Å². The molecule has 1 atom stereocenters. The number of amides is 1. The summed E-state index contributed by atoms with van der Waals surface area (Å²) in [7, 11) is 0. The maximum Gasteiger partial charge on any atom is 0.253 e. The van der Waals surface area contributed by atoms with E-state index in [0.717, 1.165) is 36.1 Å². The summed E-state index contributed by atoms with van der Waals surface area (Å²) in [5.41, 5.74) is 9.28. The lowest BCUT2D eigenvalue weighted by Gasteiger charge is -2.41. The Bertz CT molecular complexity index is 673. The maximum absolute atomic E-state index is 12.7. The molecule has 1 unspecified atom stereocenters. The minimum atomic E-state index is 0.0953. The standard InChI is InChI=1S/C17H20N4O/c18-15-10-21(11-17(15)6-1-7-17)16(22)13-4-2-12(3-5-13)14-8-19-20-9-14/h2-5,8-9,15H,1,6-7,10-11,18H2,(H,19,20). The van der Waals surface area contributed by atoms with Crippen molar-refractivity contribution in [2.45, 2.75) is 25.3 Å². The number of hydrogen-bond donors (Lipinski definition) is 2. The van der Waals surface area contributed by atoms with Crippen molar-refractivity contribution in [2.75, 3.05) is 13.1 Å². The van der Waals surface area contributed by atoms with Crippen molar-refractivity contribution in [3.05, 3.63) is 42.2 Å². The molecule has 0 bridgehead atoms. The first kappa shape index (κ1) is 13.5. The van der Waals surface area contributed by atoms with E-state index in [9.17, 15) is 4.79 Å². The van der Waals surface area contributed by atoms with E-state index >= 15 is 0 Å². The van der Waals surface area contributed by atoms with Gasteiger partial charge in [-0.25, -0.2) is 0 Å². The number of hydrogen-bond acceptors (Lipinski definition) is 3. The molecule has 5 nitrogen and oxygen atoms in total. The molecule has 1 amide bonds. The van der Waals surface area contributed by atoms with Gasteiger partial charge in [-0.3, -0.25) is 9.89 Å². The molecule has 114 valence electrons. The van der Waals surface area contributed by atoms with E-state index in [1.54, 1.807) is 6.20 Å². The molecule has 2 heterocycles. The van der Waals surface area contributed by atoms with E-state index in [2.05, 4.69) is 10.2 Å². The average molecular weight is 296 g/mol. The Morgan fingerprint density at radius 1 is 1.27 bits per heavy atom. The molecule has 22 heavy (non-hydrogen) atoms. The molecule has 1 aliphatic heterocycles. The predicted molar refractivity (Wildman–Crippen MR) is 84.2 cm³/mol. The summed E-state index contributed by atoms with van der Waals surface area (Å²) in [6.45, 7) is 1.50. The first-order chi connectivity index (χ1) is 10.7. The van der Waals surface area contributed by atoms with Gasteiger partial charge in [-0.05, 0) is 30.5 Å². The van der Waals surface area contributed by atoms with E-state index in [-0.39, 0.29) is 17.4 Å². The number of carbonyl (C=O) groups excluding carboxylic acids is 1. The third kappa shape index (κ3) is 2.04. The molecular formula is C17H20N4O. The largest absolute Gasteiger partial charge is 0.336 e. The summed E-state index contributed by atoms with van der Waals surface area (Å²) in [5.74, 6) is 0.0953. The van der Waals surface area contributed by atoms with Gasteiger partial charge in [0.25, 0.3) is 5.91 Å². The normalized spacial score (nSPS) is 22.8. The van der Waals surface area contributed by atoms with E-state index in [1.165, 1.54) is 6.42 Å². The van der Waals surface area contributed by atoms with Gasteiger partial charge in [0, 0.05) is 41.9 Å². The van der Waals surface area contributed by atoms with Crippen LogP contribution in [0.25, 0.3) is 11.1 Å². The maximum atomic E-state index is 12.7. The Balaban J connectivity index is 1.51. The van der Waals surface area contributed by atoms with Crippen LogP contribution in [0.3, 0.4) is 0 Å². The van der Waals surface area contributed by atoms with Gasteiger partial charge in [0.05, 0.1) is 6.20 Å². The van der Waals surface area contributed by atoms with Crippen LogP contribution >= 0.6 is 0 Å². The van der Waals surface area contributed by atoms with Gasteiger partial charge in [0.2, 0.25) is 0 Å². The van der Waals surface area contributed by atoms with Crippen LogP contribution in [-0.2, 0) is 0 Å². The number of likely N-dealkylation sites (tertiary alicyclic amines) is 1. The highest BCUT2D eigenvalue weighted by Crippen LogP contribution is 2.47. The van der Waals surface area contributed by atoms with E-state index in [1.807, 2.05) is 35.4 Å². The van der Waals surface area contributed by atoms with Crippen molar-refractivity contribution in [3.63, 3.8) is 0 Å². The van der Waals surface area contributed by atoms with Crippen molar-refractivity contribution in [3.8, 4) is 11.1 Å². The van der Waals surface area contributed by atoms with Crippen LogP contribution in [0.15, 0.2) is 36.7 Å². The minimum Gasteiger partial charge on any atom is -0.336 e. The van der Waals surface area contributed by atoms with Crippen molar-refractivity contribution in [2.24, 2.45) is 11.1 Å². The Kier molecular flexibility index (Phi) is 3.04. The number of nitrogens with two attached hydrogens (primary N) is 1. The van der Waals surface area contributed by atoms with Gasteiger partial charge >= 0.3 is 0 Å². The fourth-order valence-corrected chi connectivity index (χ4v) is 3.70. The highest BCUT2D eigenvalue weighted by molar-refractivity contribution is 5.95. The number of aromatic amines is 1. The number of rotatable bonds is 2. The molecule has 5 heteroatoms. The molecule has 2 aliphatic rings. The first-order valence-electron chi connectivity index (χ1n) is 7.82. The molecule has 4 rings (SSSR count). The van der Waals surface area contributed by atoms with Crippen molar-refractivity contribution >= 4 is 5.91 Å². The quantitative estimate of drug-likeness (QED) is 0.890. The number of H-pyrrole nitrogens is 1. The van der Waals surface area contributed by atoms with Crippen LogP contribution < -0.4 is 5.73 Å². The Morgan fingerprint density at radius 3 is 2.59 bits per heavy atom. The molecule has 3 N–H and O–H groups in total. The van der Waals surface area contributed by atoms with Crippen molar-refractivity contribution < 1.29 is 4.79 Å². The number of nitrogens with zero attached hydrogens (tertiary/aromatic N) is 2. The summed E-state index contributed by atoms with van der Waals surface area (Å²) < 4.78 is 0. The van der Waals surface area contributed by atoms with Gasteiger partial charge in [-0.15, -0.1) is 0 Å². The Hall–Kier alpha value is -2.14. The van der Waals surface area contributed by atoms with Crippen LogP contribution in [0.4, 0.5) is 0 Å². The third-order valence-corrected chi connectivity index (χ3v) is 5.31. The molecule has 2 fully saturated rings. The van der Waals surface area contributed by atoms with E-state index in [0.29, 0.717) is 6.54 Å². The monoisotopic (exact) mass is 296 g/mol. The van der Waals surface area contributed by atoms with Crippen LogP contribution in [0.2, 0.25) is 0 Å². The number of carbonyl (C=O) groups is 1. The predicted octanol–water partition coefficient (Wildman–Crippen LogP) is 2.03. The highest BCUT2D eigenvalue weighted by Gasteiger charge is 2.49. The fourth-order valence-electron chi connectivity index (χ4n) is 3.70. The summed E-state index contributed by atoms with van der Waals surface area (Å²) in [6, 6.07) is 7.85. The van der Waals surface area contributed by atoms with Crippen LogP contribution in [-0.4, -0.2) is 40.1 Å². The lowest BCUT2D eigenvalue weighted by molar-refractivity contribution is 0.0726. The smallest absolute Gasteiger partial charge is 0.253 e. The molecule has 1 aromatic heterocycles. The molecular weight excluding hydrogens is 276 g/mol. The Labute approximate surface area is 129 Å². The molecule has 1 saturated heterocycles. The second kappa shape index (κ2) is 4.95. The van der Waals surface area contributed by atoms with Gasteiger partial charge in [-0.1, -0.05) is 18.6 Å². The van der Waals surface area contributed by atoms with Crippen LogP contribution in [0.1, 0.15) is 29.6 Å². The van der Waals surface area contributed by atoms with Crippen LogP contribution in [0, 0.1) is 5.41 Å². The zero-order valence-electron chi connectivity index (χ0n) is 12.5. The lowest BCUT2D eigenvalue weighted by atomic mass is 9.66. The van der Waals surface area contributed by atoms with Gasteiger partial charge < -0.3 is 10.6 Å². The third-order valence-electron chi connectivity index (χ3n) is 5.31. The summed E-state index contributed by atoms with van der Waals surface area (Å²) in [5, 5.41) is 6.74. The van der Waals surface area contributed by atoms with Gasteiger partial charge in [0.15, 0.2) is 0 Å². The van der Waals surface area contributed by atoms with E-state index < -0.39 is 0 Å². The topological polar surface area (TPSA) is 75.0 Å². The number of benzene rings is 1. The summed E-state index contributed by atoms with van der Waals surface area (Å²) >= 11 is 0. The zero-order chi connectivity index (χ0) is 15.2. The van der Waals surface area contributed by atoms with Crippen molar-refractivity contribution in [1.29, 1.82) is 0 Å². The lowest BCUT2D eigenvalue weighted by Crippen LogP contribution is -2.45. The Morgan fingerprint density at radius 2 is 2.05 bits per heavy atom. The molecule has 0 radical (unpaired) electrons. The summed E-state index contributed by atoms with van der Waals surface area (Å²) in [6.07, 6.45) is 7.19. The first-order valence-corrected chi connectivity index (χ1v) is 7.82. The molecule has 1 aromatic carbocycles. The van der Waals surface area contributed by atoms with Crippen LogP contribution in [0.5, 0.6) is 0 Å². The number of nitrogens with one attached hydrogen (secondary N) is 1. The minimum absolute atomic E-state index is 0.0953. The van der Waals surface area contributed by atoms with Crippen molar-refractivity contribution in [1.82, 2.24) is 15.1 Å². The molecule has 1 aliphatic carbocycles. The second-order valence-corrected chi connectivity index (χ2v) is 6.57. The zero-order valence-corrected chi connectivity index (χ0v) is 12.5. The summed E-state index contributed by atoms with van der Waals surface area (Å²) in [4.78, 5) is 14.6. The average Bonchev–Trinajstić information content (AvgIpc) is 3.13.